The number of nitrogens with two attached hydrogens (primary N) is 1. The van der Waals surface area contributed by atoms with Gasteiger partial charge in [-0.15, -0.1) is 12.6 Å². The summed E-state index contributed by atoms with van der Waals surface area (Å²) in [6, 6.07) is 7.41. The molecule has 11 heavy (non-hydrogen) atoms. The SMILES string of the molecule is N#CCc1cc(S)ccc1N. The van der Waals surface area contributed by atoms with Crippen LogP contribution in [-0.2, 0) is 6.42 Å². The predicted octanol–water partition coefficient (Wildman–Crippen LogP) is 1.62. The lowest BCUT2D eigenvalue weighted by molar-refractivity contribution is 1.24. The van der Waals surface area contributed by atoms with Gasteiger partial charge < -0.3 is 5.73 Å². The fourth-order valence-electron chi connectivity index (χ4n) is 0.830. The molecule has 0 aromatic heterocycles. The molecule has 0 unspecified atom stereocenters. The number of thiol groups is 1. The van der Waals surface area contributed by atoms with E-state index in [2.05, 4.69) is 12.6 Å². The zero-order chi connectivity index (χ0) is 8.27. The van der Waals surface area contributed by atoms with Crippen molar-refractivity contribution in [3.8, 4) is 6.07 Å². The average Bonchev–Trinajstić information content (AvgIpc) is 1.98. The summed E-state index contributed by atoms with van der Waals surface area (Å²) in [5.41, 5.74) is 7.09. The zero-order valence-electron chi connectivity index (χ0n) is 5.91. The van der Waals surface area contributed by atoms with Crippen molar-refractivity contribution in [1.82, 2.24) is 0 Å². The van der Waals surface area contributed by atoms with E-state index in [0.717, 1.165) is 10.5 Å². The standard InChI is InChI=1S/C8H8N2S/c9-4-3-6-5-7(11)1-2-8(6)10/h1-2,5,11H,3,10H2. The number of benzene rings is 1. The van der Waals surface area contributed by atoms with Crippen molar-refractivity contribution < 1.29 is 0 Å². The lowest BCUT2D eigenvalue weighted by Crippen LogP contribution is -1.92. The van der Waals surface area contributed by atoms with Crippen molar-refractivity contribution in [3.05, 3.63) is 23.8 Å². The van der Waals surface area contributed by atoms with Crippen LogP contribution in [0.25, 0.3) is 0 Å². The molecular weight excluding hydrogens is 156 g/mol. The molecule has 0 bridgehead atoms. The maximum Gasteiger partial charge on any atom is 0.0670 e. The fraction of sp³-hybridized carbons (Fsp3) is 0.125. The Balaban J connectivity index is 3.05. The smallest absolute Gasteiger partial charge is 0.0670 e. The molecule has 0 heterocycles. The molecule has 0 aliphatic carbocycles. The third-order valence-corrected chi connectivity index (χ3v) is 1.67. The van der Waals surface area contributed by atoms with Gasteiger partial charge in [-0.25, -0.2) is 0 Å². The number of nitrogen functional groups attached to an aromatic ring is 1. The molecule has 0 aliphatic heterocycles. The minimum absolute atomic E-state index is 0.347. The Kier molecular flexibility index (Phi) is 2.40. The van der Waals surface area contributed by atoms with E-state index in [0.29, 0.717) is 12.1 Å². The van der Waals surface area contributed by atoms with Gasteiger partial charge in [0.1, 0.15) is 0 Å². The minimum atomic E-state index is 0.347. The predicted molar refractivity (Wildman–Crippen MR) is 47.4 cm³/mol. The van der Waals surface area contributed by atoms with Crippen LogP contribution in [0.15, 0.2) is 23.1 Å². The second-order valence-electron chi connectivity index (χ2n) is 2.22. The Morgan fingerprint density at radius 2 is 2.27 bits per heavy atom. The summed E-state index contributed by atoms with van der Waals surface area (Å²) in [5.74, 6) is 0. The normalized spacial score (nSPS) is 9.09. The van der Waals surface area contributed by atoms with Crippen molar-refractivity contribution in [2.45, 2.75) is 11.3 Å². The van der Waals surface area contributed by atoms with E-state index >= 15 is 0 Å². The Hall–Kier alpha value is -1.14. The molecule has 0 aliphatic rings. The first-order valence-corrected chi connectivity index (χ1v) is 3.63. The number of anilines is 1. The van der Waals surface area contributed by atoms with Crippen molar-refractivity contribution in [3.63, 3.8) is 0 Å². The van der Waals surface area contributed by atoms with E-state index in [1.54, 1.807) is 12.1 Å². The van der Waals surface area contributed by atoms with E-state index in [1.165, 1.54) is 0 Å². The molecular formula is C8H8N2S. The summed E-state index contributed by atoms with van der Waals surface area (Å²) in [4.78, 5) is 0.837. The molecule has 2 N–H and O–H groups in total. The monoisotopic (exact) mass is 164 g/mol. The summed E-state index contributed by atoms with van der Waals surface area (Å²) in [6.45, 7) is 0. The molecule has 2 nitrogen and oxygen atoms in total. The van der Waals surface area contributed by atoms with Crippen LogP contribution >= 0.6 is 12.6 Å². The quantitative estimate of drug-likeness (QED) is 0.489. The number of hydrogen-bond acceptors (Lipinski definition) is 3. The van der Waals surface area contributed by atoms with Crippen LogP contribution in [0.1, 0.15) is 5.56 Å². The second-order valence-corrected chi connectivity index (χ2v) is 2.73. The number of hydrogen-bond donors (Lipinski definition) is 2. The van der Waals surface area contributed by atoms with Gasteiger partial charge in [0.05, 0.1) is 12.5 Å². The summed E-state index contributed by atoms with van der Waals surface area (Å²) >= 11 is 4.13. The van der Waals surface area contributed by atoms with Crippen LogP contribution in [0.3, 0.4) is 0 Å². The highest BCUT2D eigenvalue weighted by molar-refractivity contribution is 7.80. The molecule has 0 saturated heterocycles. The van der Waals surface area contributed by atoms with Crippen LogP contribution in [0.5, 0.6) is 0 Å². The van der Waals surface area contributed by atoms with Gasteiger partial charge in [0.2, 0.25) is 0 Å². The first kappa shape index (κ1) is 7.96. The summed E-state index contributed by atoms with van der Waals surface area (Å²) in [6.07, 6.45) is 0.347. The van der Waals surface area contributed by atoms with Crippen LogP contribution in [-0.4, -0.2) is 0 Å². The van der Waals surface area contributed by atoms with E-state index in [9.17, 15) is 0 Å². The Morgan fingerprint density at radius 3 is 2.91 bits per heavy atom. The second kappa shape index (κ2) is 3.31. The number of nitrogens with zero attached hydrogens (tertiary/aromatic N) is 1. The fourth-order valence-corrected chi connectivity index (χ4v) is 1.06. The molecule has 0 atom stereocenters. The van der Waals surface area contributed by atoms with Crippen LogP contribution in [0.4, 0.5) is 5.69 Å². The van der Waals surface area contributed by atoms with Crippen molar-refractivity contribution in [2.75, 3.05) is 5.73 Å². The first-order valence-electron chi connectivity index (χ1n) is 3.18. The molecule has 1 aromatic rings. The van der Waals surface area contributed by atoms with Crippen molar-refractivity contribution in [2.24, 2.45) is 0 Å². The van der Waals surface area contributed by atoms with E-state index in [4.69, 9.17) is 11.0 Å². The summed E-state index contributed by atoms with van der Waals surface area (Å²) in [7, 11) is 0. The molecule has 1 rings (SSSR count). The molecule has 0 amide bonds. The molecule has 3 heteroatoms. The zero-order valence-corrected chi connectivity index (χ0v) is 6.81. The van der Waals surface area contributed by atoms with Gasteiger partial charge in [-0.3, -0.25) is 0 Å². The molecule has 0 spiro atoms. The summed E-state index contributed by atoms with van der Waals surface area (Å²) in [5, 5.41) is 8.40. The number of nitriles is 1. The maximum atomic E-state index is 8.40. The molecule has 0 radical (unpaired) electrons. The van der Waals surface area contributed by atoms with Gasteiger partial charge in [-0.1, -0.05) is 0 Å². The Bertz CT molecular complexity index is 301. The highest BCUT2D eigenvalue weighted by atomic mass is 32.1. The maximum absolute atomic E-state index is 8.40. The largest absolute Gasteiger partial charge is 0.398 e. The van der Waals surface area contributed by atoms with Gasteiger partial charge in [0.25, 0.3) is 0 Å². The van der Waals surface area contributed by atoms with Gasteiger partial charge in [-0.2, -0.15) is 5.26 Å². The van der Waals surface area contributed by atoms with E-state index < -0.39 is 0 Å². The lowest BCUT2D eigenvalue weighted by Gasteiger charge is -2.00. The van der Waals surface area contributed by atoms with Gasteiger partial charge in [0.15, 0.2) is 0 Å². The van der Waals surface area contributed by atoms with Crippen LogP contribution in [0, 0.1) is 11.3 Å². The van der Waals surface area contributed by atoms with E-state index in [1.807, 2.05) is 12.1 Å². The van der Waals surface area contributed by atoms with Gasteiger partial charge in [0, 0.05) is 10.6 Å². The molecule has 56 valence electrons. The highest BCUT2D eigenvalue weighted by Gasteiger charge is 1.97. The molecule has 0 saturated carbocycles. The topological polar surface area (TPSA) is 49.8 Å². The third-order valence-electron chi connectivity index (χ3n) is 1.40. The minimum Gasteiger partial charge on any atom is -0.398 e. The van der Waals surface area contributed by atoms with Gasteiger partial charge >= 0.3 is 0 Å². The van der Waals surface area contributed by atoms with E-state index in [-0.39, 0.29) is 0 Å². The Morgan fingerprint density at radius 1 is 1.55 bits per heavy atom. The Labute approximate surface area is 71.0 Å². The lowest BCUT2D eigenvalue weighted by atomic mass is 10.1. The average molecular weight is 164 g/mol. The van der Waals surface area contributed by atoms with Crippen LogP contribution < -0.4 is 5.73 Å². The van der Waals surface area contributed by atoms with Crippen molar-refractivity contribution in [1.29, 1.82) is 5.26 Å². The third kappa shape index (κ3) is 1.89. The van der Waals surface area contributed by atoms with Gasteiger partial charge in [-0.05, 0) is 23.8 Å². The molecule has 0 fully saturated rings. The van der Waals surface area contributed by atoms with Crippen LogP contribution in [0.2, 0.25) is 0 Å². The van der Waals surface area contributed by atoms with Crippen molar-refractivity contribution >= 4 is 18.3 Å². The number of rotatable bonds is 1. The summed E-state index contributed by atoms with van der Waals surface area (Å²) < 4.78 is 0. The molecule has 1 aromatic carbocycles. The highest BCUT2D eigenvalue weighted by Crippen LogP contribution is 2.16. The first-order chi connectivity index (χ1) is 5.24.